The van der Waals surface area contributed by atoms with E-state index in [2.05, 4.69) is 26.6 Å². The molecule has 0 saturated carbocycles. The van der Waals surface area contributed by atoms with Crippen molar-refractivity contribution in [3.63, 3.8) is 0 Å². The van der Waals surface area contributed by atoms with Crippen LogP contribution < -0.4 is 0 Å². The first-order valence-corrected chi connectivity index (χ1v) is 4.78. The molecule has 0 N–H and O–H groups in total. The van der Waals surface area contributed by atoms with Gasteiger partial charge in [0.25, 0.3) is 0 Å². The standard InChI is InChI=1S/C11H9BrO2/c1-3-8-6-10(12)5-4-9(8)7-11(13)14-2/h1,4-6H,7H2,2H3. The topological polar surface area (TPSA) is 26.3 Å². The van der Waals surface area contributed by atoms with Gasteiger partial charge in [0.2, 0.25) is 0 Å². The maximum atomic E-state index is 11.0. The van der Waals surface area contributed by atoms with Crippen molar-refractivity contribution in [1.82, 2.24) is 0 Å². The molecule has 0 aliphatic rings. The van der Waals surface area contributed by atoms with Crippen LogP contribution in [0.25, 0.3) is 0 Å². The fourth-order valence-corrected chi connectivity index (χ4v) is 1.43. The van der Waals surface area contributed by atoms with Crippen molar-refractivity contribution in [2.45, 2.75) is 6.42 Å². The number of methoxy groups -OCH3 is 1. The van der Waals surface area contributed by atoms with Gasteiger partial charge >= 0.3 is 5.97 Å². The lowest BCUT2D eigenvalue weighted by atomic mass is 10.1. The molecule has 0 fully saturated rings. The molecule has 2 nitrogen and oxygen atoms in total. The highest BCUT2D eigenvalue weighted by Crippen LogP contribution is 2.16. The molecule has 0 bridgehead atoms. The first-order valence-electron chi connectivity index (χ1n) is 3.99. The monoisotopic (exact) mass is 252 g/mol. The summed E-state index contributed by atoms with van der Waals surface area (Å²) in [5, 5.41) is 0. The Labute approximate surface area is 91.4 Å². The minimum Gasteiger partial charge on any atom is -0.469 e. The second-order valence-corrected chi connectivity index (χ2v) is 3.61. The minimum absolute atomic E-state index is 0.212. The average molecular weight is 253 g/mol. The zero-order valence-corrected chi connectivity index (χ0v) is 9.30. The Bertz CT molecular complexity index is 391. The molecule has 0 aliphatic carbocycles. The van der Waals surface area contributed by atoms with E-state index in [1.54, 1.807) is 6.07 Å². The van der Waals surface area contributed by atoms with E-state index in [0.29, 0.717) is 5.56 Å². The molecule has 0 spiro atoms. The van der Waals surface area contributed by atoms with Crippen molar-refractivity contribution >= 4 is 21.9 Å². The molecule has 0 radical (unpaired) electrons. The number of hydrogen-bond acceptors (Lipinski definition) is 2. The summed E-state index contributed by atoms with van der Waals surface area (Å²) in [5.74, 6) is 2.24. The molecule has 0 atom stereocenters. The Hall–Kier alpha value is -1.27. The van der Waals surface area contributed by atoms with Gasteiger partial charge in [-0.3, -0.25) is 4.79 Å². The smallest absolute Gasteiger partial charge is 0.310 e. The molecule has 0 heterocycles. The van der Waals surface area contributed by atoms with Gasteiger partial charge in [-0.05, 0) is 17.7 Å². The van der Waals surface area contributed by atoms with Crippen LogP contribution in [-0.4, -0.2) is 13.1 Å². The third kappa shape index (κ3) is 2.61. The zero-order valence-electron chi connectivity index (χ0n) is 7.71. The van der Waals surface area contributed by atoms with Crippen LogP contribution in [0.5, 0.6) is 0 Å². The highest BCUT2D eigenvalue weighted by atomic mass is 79.9. The van der Waals surface area contributed by atoms with Crippen molar-refractivity contribution in [2.75, 3.05) is 7.11 Å². The summed E-state index contributed by atoms with van der Waals surface area (Å²) in [6.07, 6.45) is 5.53. The highest BCUT2D eigenvalue weighted by molar-refractivity contribution is 9.10. The number of carbonyl (C=O) groups excluding carboxylic acids is 1. The molecule has 0 saturated heterocycles. The number of terminal acetylenes is 1. The van der Waals surface area contributed by atoms with Gasteiger partial charge in [-0.15, -0.1) is 6.42 Å². The minimum atomic E-state index is -0.288. The molecule has 0 aliphatic heterocycles. The zero-order chi connectivity index (χ0) is 10.6. The lowest BCUT2D eigenvalue weighted by Gasteiger charge is -2.03. The Balaban J connectivity index is 2.98. The van der Waals surface area contributed by atoms with Gasteiger partial charge in [0.05, 0.1) is 13.5 Å². The molecule has 1 aromatic rings. The fourth-order valence-electron chi connectivity index (χ4n) is 1.06. The van der Waals surface area contributed by atoms with Crippen molar-refractivity contribution in [3.05, 3.63) is 33.8 Å². The van der Waals surface area contributed by atoms with Crippen molar-refractivity contribution in [1.29, 1.82) is 0 Å². The van der Waals surface area contributed by atoms with Gasteiger partial charge in [0.15, 0.2) is 0 Å². The average Bonchev–Trinajstić information content (AvgIpc) is 2.20. The van der Waals surface area contributed by atoms with Gasteiger partial charge in [-0.2, -0.15) is 0 Å². The van der Waals surface area contributed by atoms with Crippen LogP contribution >= 0.6 is 15.9 Å². The fraction of sp³-hybridized carbons (Fsp3) is 0.182. The van der Waals surface area contributed by atoms with E-state index in [9.17, 15) is 4.79 Å². The van der Waals surface area contributed by atoms with Gasteiger partial charge in [0, 0.05) is 10.0 Å². The number of benzene rings is 1. The molecular formula is C11H9BrO2. The Morgan fingerprint density at radius 2 is 2.36 bits per heavy atom. The number of rotatable bonds is 2. The van der Waals surface area contributed by atoms with Crippen molar-refractivity contribution < 1.29 is 9.53 Å². The summed E-state index contributed by atoms with van der Waals surface area (Å²) >= 11 is 3.31. The van der Waals surface area contributed by atoms with Gasteiger partial charge in [-0.25, -0.2) is 0 Å². The second kappa shape index (κ2) is 4.83. The maximum Gasteiger partial charge on any atom is 0.310 e. The van der Waals surface area contributed by atoms with Crippen LogP contribution in [0.15, 0.2) is 22.7 Å². The van der Waals surface area contributed by atoms with Crippen LogP contribution in [0, 0.1) is 12.3 Å². The van der Waals surface area contributed by atoms with E-state index in [-0.39, 0.29) is 12.4 Å². The first-order chi connectivity index (χ1) is 6.67. The number of carbonyl (C=O) groups is 1. The highest BCUT2D eigenvalue weighted by Gasteiger charge is 2.06. The van der Waals surface area contributed by atoms with E-state index in [1.165, 1.54) is 7.11 Å². The SMILES string of the molecule is C#Cc1cc(Br)ccc1CC(=O)OC. The molecule has 0 aromatic heterocycles. The van der Waals surface area contributed by atoms with Gasteiger partial charge in [-0.1, -0.05) is 27.9 Å². The Morgan fingerprint density at radius 3 is 2.93 bits per heavy atom. The van der Waals surface area contributed by atoms with Crippen LogP contribution in [0.2, 0.25) is 0 Å². The van der Waals surface area contributed by atoms with Crippen LogP contribution in [0.1, 0.15) is 11.1 Å². The van der Waals surface area contributed by atoms with Gasteiger partial charge in [0.1, 0.15) is 0 Å². The number of esters is 1. The first kappa shape index (κ1) is 10.8. The summed E-state index contributed by atoms with van der Waals surface area (Å²) in [4.78, 5) is 11.0. The molecule has 0 unspecified atom stereocenters. The van der Waals surface area contributed by atoms with Crippen molar-refractivity contribution in [2.24, 2.45) is 0 Å². The Kier molecular flexibility index (Phi) is 3.73. The molecule has 72 valence electrons. The van der Waals surface area contributed by atoms with E-state index in [1.807, 2.05) is 12.1 Å². The largest absolute Gasteiger partial charge is 0.469 e. The lowest BCUT2D eigenvalue weighted by Crippen LogP contribution is -2.05. The van der Waals surface area contributed by atoms with Gasteiger partial charge < -0.3 is 4.74 Å². The molecule has 1 rings (SSSR count). The third-order valence-electron chi connectivity index (χ3n) is 1.79. The normalized spacial score (nSPS) is 9.21. The molecule has 0 amide bonds. The molecule has 14 heavy (non-hydrogen) atoms. The van der Waals surface area contributed by atoms with Crippen LogP contribution in [0.3, 0.4) is 0 Å². The lowest BCUT2D eigenvalue weighted by molar-refractivity contribution is -0.139. The maximum absolute atomic E-state index is 11.0. The Morgan fingerprint density at radius 1 is 1.64 bits per heavy atom. The summed E-state index contributed by atoms with van der Waals surface area (Å²) in [5.41, 5.74) is 1.52. The van der Waals surface area contributed by atoms with E-state index >= 15 is 0 Å². The summed E-state index contributed by atoms with van der Waals surface area (Å²) in [7, 11) is 1.36. The quantitative estimate of drug-likeness (QED) is 0.596. The number of ether oxygens (including phenoxy) is 1. The molecule has 3 heteroatoms. The summed E-state index contributed by atoms with van der Waals surface area (Å²) in [6.45, 7) is 0. The van der Waals surface area contributed by atoms with Crippen LogP contribution in [-0.2, 0) is 16.0 Å². The van der Waals surface area contributed by atoms with E-state index < -0.39 is 0 Å². The van der Waals surface area contributed by atoms with E-state index in [0.717, 1.165) is 10.0 Å². The van der Waals surface area contributed by atoms with Crippen molar-refractivity contribution in [3.8, 4) is 12.3 Å². The number of hydrogen-bond donors (Lipinski definition) is 0. The summed E-state index contributed by atoms with van der Waals surface area (Å²) < 4.78 is 5.47. The predicted octanol–water partition coefficient (Wildman–Crippen LogP) is 2.15. The third-order valence-corrected chi connectivity index (χ3v) is 2.28. The van der Waals surface area contributed by atoms with Crippen LogP contribution in [0.4, 0.5) is 0 Å². The predicted molar refractivity (Wildman–Crippen MR) is 57.8 cm³/mol. The second-order valence-electron chi connectivity index (χ2n) is 2.70. The number of halogens is 1. The summed E-state index contributed by atoms with van der Waals surface area (Å²) in [6, 6.07) is 5.47. The molecular weight excluding hydrogens is 244 g/mol. The van der Waals surface area contributed by atoms with E-state index in [4.69, 9.17) is 6.42 Å². The molecule has 1 aromatic carbocycles.